The maximum atomic E-state index is 12.0. The number of aliphatic hydroxyl groups excluding tert-OH is 1. The molecule has 1 aromatic rings. The lowest BCUT2D eigenvalue weighted by atomic mass is 10.2. The van der Waals surface area contributed by atoms with E-state index in [9.17, 15) is 4.79 Å². The lowest BCUT2D eigenvalue weighted by Gasteiger charge is -2.20. The van der Waals surface area contributed by atoms with Crippen LogP contribution in [-0.4, -0.2) is 45.8 Å². The van der Waals surface area contributed by atoms with Gasteiger partial charge in [0.15, 0.2) is 0 Å². The number of H-pyrrole nitrogens is 1. The molecule has 0 radical (unpaired) electrons. The molecule has 90 valence electrons. The van der Waals surface area contributed by atoms with Crippen molar-refractivity contribution < 1.29 is 9.90 Å². The van der Waals surface area contributed by atoms with Gasteiger partial charge in [-0.2, -0.15) is 5.10 Å². The van der Waals surface area contributed by atoms with Crippen molar-refractivity contribution in [2.24, 2.45) is 0 Å². The summed E-state index contributed by atoms with van der Waals surface area (Å²) in [6.07, 6.45) is 3.30. The highest BCUT2D eigenvalue weighted by atomic mass is 16.3. The Hall–Kier alpha value is -1.56. The normalized spacial score (nSPS) is 10.4. The van der Waals surface area contributed by atoms with Crippen LogP contribution in [0.2, 0.25) is 0 Å². The Morgan fingerprint density at radius 1 is 1.62 bits per heavy atom. The second-order valence-electron chi connectivity index (χ2n) is 3.57. The molecule has 0 saturated heterocycles. The summed E-state index contributed by atoms with van der Waals surface area (Å²) < 4.78 is 0. The summed E-state index contributed by atoms with van der Waals surface area (Å²) in [5.41, 5.74) is 6.23. The molecule has 1 aromatic heterocycles. The van der Waals surface area contributed by atoms with Gasteiger partial charge in [0.05, 0.1) is 18.5 Å². The van der Waals surface area contributed by atoms with Crippen LogP contribution in [0.5, 0.6) is 0 Å². The summed E-state index contributed by atoms with van der Waals surface area (Å²) in [5, 5.41) is 15.2. The zero-order chi connectivity index (χ0) is 12.0. The number of carbonyl (C=O) groups excluding carboxylic acids is 1. The van der Waals surface area contributed by atoms with Crippen molar-refractivity contribution >= 4 is 11.6 Å². The van der Waals surface area contributed by atoms with E-state index in [-0.39, 0.29) is 12.5 Å². The van der Waals surface area contributed by atoms with Crippen molar-refractivity contribution in [2.45, 2.75) is 19.8 Å². The second-order valence-corrected chi connectivity index (χ2v) is 3.57. The predicted octanol–water partition coefficient (Wildman–Crippen LogP) is 0.227. The minimum atomic E-state index is -0.211. The molecule has 6 nitrogen and oxygen atoms in total. The first-order valence-electron chi connectivity index (χ1n) is 5.39. The third-order valence-corrected chi connectivity index (χ3v) is 2.32. The van der Waals surface area contributed by atoms with E-state index in [1.807, 2.05) is 6.92 Å². The number of anilines is 1. The monoisotopic (exact) mass is 226 g/mol. The van der Waals surface area contributed by atoms with Gasteiger partial charge in [-0.15, -0.1) is 0 Å². The second kappa shape index (κ2) is 6.12. The van der Waals surface area contributed by atoms with Gasteiger partial charge in [-0.25, -0.2) is 0 Å². The fourth-order valence-corrected chi connectivity index (χ4v) is 1.41. The van der Waals surface area contributed by atoms with E-state index in [1.54, 1.807) is 4.90 Å². The van der Waals surface area contributed by atoms with Crippen molar-refractivity contribution in [3.63, 3.8) is 0 Å². The Bertz CT molecular complexity index is 337. The molecule has 0 aliphatic rings. The molecular weight excluding hydrogens is 208 g/mol. The van der Waals surface area contributed by atoms with E-state index in [4.69, 9.17) is 10.8 Å². The zero-order valence-corrected chi connectivity index (χ0v) is 9.44. The molecule has 1 heterocycles. The number of aromatic amines is 1. The standard InChI is InChI=1S/C10H18N4O2/c1-2-3-4-14(5-6-15)10(16)9-8(11)7-12-13-9/h7,15H,2-6,11H2,1H3,(H,12,13). The first kappa shape index (κ1) is 12.5. The molecule has 0 atom stereocenters. The summed E-state index contributed by atoms with van der Waals surface area (Å²) >= 11 is 0. The van der Waals surface area contributed by atoms with Gasteiger partial charge in [0.2, 0.25) is 0 Å². The van der Waals surface area contributed by atoms with E-state index in [2.05, 4.69) is 10.2 Å². The molecule has 0 aliphatic heterocycles. The number of carbonyl (C=O) groups is 1. The number of nitrogens with one attached hydrogen (secondary N) is 1. The number of unbranched alkanes of at least 4 members (excludes halogenated alkanes) is 1. The van der Waals surface area contributed by atoms with Gasteiger partial charge >= 0.3 is 0 Å². The van der Waals surface area contributed by atoms with Crippen molar-refractivity contribution in [2.75, 3.05) is 25.4 Å². The van der Waals surface area contributed by atoms with Crippen LogP contribution >= 0.6 is 0 Å². The van der Waals surface area contributed by atoms with E-state index < -0.39 is 0 Å². The van der Waals surface area contributed by atoms with Crippen LogP contribution in [0.15, 0.2) is 6.20 Å². The molecular formula is C10H18N4O2. The lowest BCUT2D eigenvalue weighted by Crippen LogP contribution is -2.35. The summed E-state index contributed by atoms with van der Waals surface area (Å²) in [4.78, 5) is 13.6. The highest BCUT2D eigenvalue weighted by Gasteiger charge is 2.18. The number of hydrogen-bond donors (Lipinski definition) is 3. The van der Waals surface area contributed by atoms with Crippen molar-refractivity contribution in [1.29, 1.82) is 0 Å². The van der Waals surface area contributed by atoms with Crippen molar-refractivity contribution in [1.82, 2.24) is 15.1 Å². The van der Waals surface area contributed by atoms with Gasteiger partial charge in [0.25, 0.3) is 5.91 Å². The number of aromatic nitrogens is 2. The summed E-state index contributed by atoms with van der Waals surface area (Å²) in [6, 6.07) is 0. The Kier molecular flexibility index (Phi) is 4.78. The first-order valence-corrected chi connectivity index (χ1v) is 5.39. The molecule has 0 spiro atoms. The Morgan fingerprint density at radius 3 is 2.88 bits per heavy atom. The smallest absolute Gasteiger partial charge is 0.274 e. The van der Waals surface area contributed by atoms with Crippen LogP contribution < -0.4 is 5.73 Å². The Morgan fingerprint density at radius 2 is 2.38 bits per heavy atom. The fraction of sp³-hybridized carbons (Fsp3) is 0.600. The van der Waals surface area contributed by atoms with Crippen molar-refractivity contribution in [3.05, 3.63) is 11.9 Å². The Balaban J connectivity index is 2.70. The molecule has 4 N–H and O–H groups in total. The number of amides is 1. The molecule has 1 rings (SSSR count). The quantitative estimate of drug-likeness (QED) is 0.647. The van der Waals surface area contributed by atoms with E-state index in [1.165, 1.54) is 6.20 Å². The predicted molar refractivity (Wildman–Crippen MR) is 60.9 cm³/mol. The van der Waals surface area contributed by atoms with Crippen LogP contribution in [0.4, 0.5) is 5.69 Å². The molecule has 1 amide bonds. The van der Waals surface area contributed by atoms with E-state index in [0.29, 0.717) is 24.5 Å². The molecule has 6 heteroatoms. The third kappa shape index (κ3) is 2.96. The molecule has 0 unspecified atom stereocenters. The van der Waals surface area contributed by atoms with E-state index in [0.717, 1.165) is 12.8 Å². The summed E-state index contributed by atoms with van der Waals surface area (Å²) in [5.74, 6) is -0.211. The number of aliphatic hydroxyl groups is 1. The topological polar surface area (TPSA) is 95.2 Å². The van der Waals surface area contributed by atoms with Gasteiger partial charge in [-0.05, 0) is 6.42 Å². The SMILES string of the molecule is CCCCN(CCO)C(=O)c1[nH]ncc1N. The molecule has 16 heavy (non-hydrogen) atoms. The third-order valence-electron chi connectivity index (χ3n) is 2.32. The van der Waals surface area contributed by atoms with Gasteiger partial charge < -0.3 is 15.7 Å². The van der Waals surface area contributed by atoms with Crippen LogP contribution in [-0.2, 0) is 0 Å². The first-order chi connectivity index (χ1) is 7.70. The number of nitrogens with zero attached hydrogens (tertiary/aromatic N) is 2. The largest absolute Gasteiger partial charge is 0.396 e. The fourth-order valence-electron chi connectivity index (χ4n) is 1.41. The molecule has 0 aliphatic carbocycles. The minimum absolute atomic E-state index is 0.0521. The maximum absolute atomic E-state index is 12.0. The highest BCUT2D eigenvalue weighted by Crippen LogP contribution is 2.10. The average molecular weight is 226 g/mol. The van der Waals surface area contributed by atoms with Crippen molar-refractivity contribution in [3.8, 4) is 0 Å². The van der Waals surface area contributed by atoms with E-state index >= 15 is 0 Å². The van der Waals surface area contributed by atoms with Gasteiger partial charge in [-0.1, -0.05) is 13.3 Å². The van der Waals surface area contributed by atoms with Crippen LogP contribution in [0.3, 0.4) is 0 Å². The number of nitrogen functional groups attached to an aromatic ring is 1. The Labute approximate surface area is 94.4 Å². The summed E-state index contributed by atoms with van der Waals surface area (Å²) in [7, 11) is 0. The average Bonchev–Trinajstić information content (AvgIpc) is 2.69. The maximum Gasteiger partial charge on any atom is 0.274 e. The molecule has 0 bridgehead atoms. The van der Waals surface area contributed by atoms with Crippen LogP contribution in [0, 0.1) is 0 Å². The van der Waals surface area contributed by atoms with Crippen LogP contribution in [0.25, 0.3) is 0 Å². The number of hydrogen-bond acceptors (Lipinski definition) is 4. The lowest BCUT2D eigenvalue weighted by molar-refractivity contribution is 0.0714. The molecule has 0 saturated carbocycles. The zero-order valence-electron chi connectivity index (χ0n) is 9.44. The van der Waals surface area contributed by atoms with Gasteiger partial charge in [0.1, 0.15) is 5.69 Å². The van der Waals surface area contributed by atoms with Gasteiger partial charge in [-0.3, -0.25) is 9.89 Å². The molecule has 0 aromatic carbocycles. The van der Waals surface area contributed by atoms with Gasteiger partial charge in [0, 0.05) is 13.1 Å². The summed E-state index contributed by atoms with van der Waals surface area (Å²) in [6.45, 7) is 2.93. The number of nitrogens with two attached hydrogens (primary N) is 1. The highest BCUT2D eigenvalue weighted by molar-refractivity contribution is 5.96. The number of rotatable bonds is 6. The minimum Gasteiger partial charge on any atom is -0.396 e. The molecule has 0 fully saturated rings. The van der Waals surface area contributed by atoms with Crippen LogP contribution in [0.1, 0.15) is 30.3 Å².